The molecule has 9 heteroatoms. The first-order chi connectivity index (χ1) is 14.4. The Morgan fingerprint density at radius 2 is 2.07 bits per heavy atom. The van der Waals surface area contributed by atoms with E-state index in [-0.39, 0.29) is 5.92 Å². The summed E-state index contributed by atoms with van der Waals surface area (Å²) in [7, 11) is 1.74. The van der Waals surface area contributed by atoms with Gasteiger partial charge < -0.3 is 11.5 Å². The molecule has 3 aromatic rings. The van der Waals surface area contributed by atoms with Crippen LogP contribution in [0.15, 0.2) is 41.2 Å². The molecule has 30 heavy (non-hydrogen) atoms. The van der Waals surface area contributed by atoms with Gasteiger partial charge in [0, 0.05) is 24.9 Å². The van der Waals surface area contributed by atoms with E-state index in [1.807, 2.05) is 48.7 Å². The van der Waals surface area contributed by atoms with Gasteiger partial charge in [-0.05, 0) is 55.5 Å². The van der Waals surface area contributed by atoms with E-state index in [1.54, 1.807) is 11.6 Å². The van der Waals surface area contributed by atoms with Crippen molar-refractivity contribution in [1.82, 2.24) is 24.8 Å². The van der Waals surface area contributed by atoms with Crippen LogP contribution in [0.5, 0.6) is 0 Å². The van der Waals surface area contributed by atoms with Crippen molar-refractivity contribution in [2.45, 2.75) is 26.2 Å². The molecule has 4 rings (SSSR count). The molecule has 0 amide bonds. The molecule has 1 aliphatic rings. The first-order valence-electron chi connectivity index (χ1n) is 9.47. The zero-order valence-electron chi connectivity index (χ0n) is 17.3. The Morgan fingerprint density at radius 3 is 2.70 bits per heavy atom. The number of aliphatic imine (C=N–C) groups is 1. The van der Waals surface area contributed by atoms with E-state index in [0.29, 0.717) is 11.7 Å². The van der Waals surface area contributed by atoms with Crippen molar-refractivity contribution in [3.63, 3.8) is 0 Å². The van der Waals surface area contributed by atoms with E-state index in [9.17, 15) is 0 Å². The predicted octanol–water partition coefficient (Wildman–Crippen LogP) is 1.95. The van der Waals surface area contributed by atoms with Crippen LogP contribution < -0.4 is 11.5 Å². The topological polar surface area (TPSA) is 120 Å². The molecule has 0 aliphatic heterocycles. The molecule has 2 atom stereocenters. The van der Waals surface area contributed by atoms with Gasteiger partial charge in [-0.25, -0.2) is 4.98 Å². The van der Waals surface area contributed by atoms with Gasteiger partial charge in [-0.1, -0.05) is 6.07 Å². The maximum atomic E-state index is 6.39. The molecule has 0 saturated heterocycles. The molecule has 1 fully saturated rings. The van der Waals surface area contributed by atoms with Crippen molar-refractivity contribution in [3.8, 4) is 0 Å². The van der Waals surface area contributed by atoms with Crippen LogP contribution in [0.3, 0.4) is 0 Å². The summed E-state index contributed by atoms with van der Waals surface area (Å²) in [4.78, 5) is 8.56. The van der Waals surface area contributed by atoms with E-state index < -0.39 is 0 Å². The second-order valence-corrected chi connectivity index (χ2v) is 8.28. The Bertz CT molecular complexity index is 1110. The van der Waals surface area contributed by atoms with Crippen LogP contribution in [0.25, 0.3) is 5.65 Å². The van der Waals surface area contributed by atoms with Gasteiger partial charge in [0.15, 0.2) is 11.5 Å². The Labute approximate surface area is 186 Å². The summed E-state index contributed by atoms with van der Waals surface area (Å²) in [5.74, 6) is 1.93. The third-order valence-corrected chi connectivity index (χ3v) is 4.97. The fourth-order valence-corrected chi connectivity index (χ4v) is 3.34. The van der Waals surface area contributed by atoms with E-state index in [2.05, 4.69) is 32.2 Å². The first-order valence-corrected chi connectivity index (χ1v) is 11.2. The molecule has 0 radical (unpaired) electrons. The number of nitrogens with two attached hydrogens (primary N) is 2. The predicted molar refractivity (Wildman–Crippen MR) is 116 cm³/mol. The van der Waals surface area contributed by atoms with Crippen LogP contribution in [0, 0.1) is 26.7 Å². The number of anilines is 1. The summed E-state index contributed by atoms with van der Waals surface area (Å²) in [5, 5.41) is 12.9. The molecule has 3 aromatic heterocycles. The summed E-state index contributed by atoms with van der Waals surface area (Å²) >= 11 is 1.44. The number of pyridine rings is 1. The third-order valence-electron chi connectivity index (χ3n) is 4.97. The van der Waals surface area contributed by atoms with Gasteiger partial charge in [0.2, 0.25) is 0 Å². The molecule has 8 nitrogen and oxygen atoms in total. The van der Waals surface area contributed by atoms with Crippen molar-refractivity contribution in [2.24, 2.45) is 16.6 Å². The van der Waals surface area contributed by atoms with Crippen LogP contribution in [0.2, 0.25) is 0 Å². The van der Waals surface area contributed by atoms with Crippen molar-refractivity contribution in [3.05, 3.63) is 65.7 Å². The summed E-state index contributed by atoms with van der Waals surface area (Å²) in [6.07, 6.45) is 4.75. The molecular formula is C21H25N8W-. The summed E-state index contributed by atoms with van der Waals surface area (Å²) in [6.45, 7) is 7.26. The minimum absolute atomic E-state index is 0.286. The zero-order valence-corrected chi connectivity index (χ0v) is 20.2. The number of allylic oxidation sites excluding steroid dienone is 2. The molecular weight excluding hydrogens is 548 g/mol. The molecule has 2 unspecified atom stereocenters. The summed E-state index contributed by atoms with van der Waals surface area (Å²) in [5.41, 5.74) is 17.3. The number of fused-ring (bicyclic) bond motifs is 1. The van der Waals surface area contributed by atoms with Gasteiger partial charge in [0.1, 0.15) is 11.5 Å². The van der Waals surface area contributed by atoms with Crippen LogP contribution in [0.4, 0.5) is 5.82 Å². The number of nitrogens with zero attached hydrogens (tertiary/aromatic N) is 6. The van der Waals surface area contributed by atoms with Crippen LogP contribution in [0.1, 0.15) is 35.0 Å². The molecule has 1 saturated carbocycles. The van der Waals surface area contributed by atoms with Crippen LogP contribution in [-0.2, 0) is 19.4 Å². The quantitative estimate of drug-likeness (QED) is 0.364. The molecule has 156 valence electrons. The van der Waals surface area contributed by atoms with Gasteiger partial charge in [-0.3, -0.25) is 4.99 Å². The molecule has 0 bridgehead atoms. The molecule has 1 aliphatic carbocycles. The number of aryl methyl sites for hydroxylation is 2. The maximum absolute atomic E-state index is 6.39. The van der Waals surface area contributed by atoms with Gasteiger partial charge in [0.05, 0.1) is 5.71 Å². The van der Waals surface area contributed by atoms with E-state index >= 15 is 0 Å². The number of rotatable bonds is 4. The average Bonchev–Trinajstić information content (AvgIpc) is 3.44. The Balaban J connectivity index is 0.000000806. The number of hydrogen-bond donors (Lipinski definition) is 2. The summed E-state index contributed by atoms with van der Waals surface area (Å²) in [6, 6.07) is 5.81. The van der Waals surface area contributed by atoms with E-state index in [1.165, 1.54) is 19.4 Å². The molecule has 0 spiro atoms. The second-order valence-electron chi connectivity index (χ2n) is 7.08. The third kappa shape index (κ3) is 4.70. The Morgan fingerprint density at radius 1 is 1.33 bits per heavy atom. The van der Waals surface area contributed by atoms with Crippen molar-refractivity contribution >= 4 is 21.6 Å². The monoisotopic (exact) mass is 573 g/mol. The van der Waals surface area contributed by atoms with Gasteiger partial charge in [0.25, 0.3) is 0 Å². The molecule has 4 N–H and O–H groups in total. The molecule has 0 aromatic carbocycles. The Hall–Kier alpha value is -2.73. The van der Waals surface area contributed by atoms with Gasteiger partial charge >= 0.3 is 30.7 Å². The van der Waals surface area contributed by atoms with Crippen LogP contribution in [-0.4, -0.2) is 42.0 Å². The van der Waals surface area contributed by atoms with Gasteiger partial charge in [-0.2, -0.15) is 9.61 Å². The minimum atomic E-state index is 0.286. The van der Waals surface area contributed by atoms with Crippen molar-refractivity contribution in [1.29, 1.82) is 0 Å². The second kappa shape index (κ2) is 9.39. The number of nitrogen functional groups attached to an aromatic ring is 1. The fourth-order valence-electron chi connectivity index (χ4n) is 3.34. The van der Waals surface area contributed by atoms with E-state index in [0.717, 1.165) is 46.1 Å². The fraction of sp³-hybridized carbons (Fsp3) is 0.286. The molecule has 3 heterocycles. The van der Waals surface area contributed by atoms with Crippen molar-refractivity contribution < 1.29 is 19.4 Å². The summed E-state index contributed by atoms with van der Waals surface area (Å²) < 4.78 is 3.57. The van der Waals surface area contributed by atoms with Gasteiger partial charge in [-0.15, -0.1) is 10.2 Å². The average molecular weight is 573 g/mol. The zero-order chi connectivity index (χ0) is 21.8. The normalized spacial score (nSPS) is 18.7. The van der Waals surface area contributed by atoms with Crippen LogP contribution >= 0.6 is 0 Å². The standard InChI is InChI=1S/C19H22N8.C2H3.W/c1-10-6-17(26-27-11(2)24-25-19(10)27)16(22-3)8-15(20)14-7-13(14)12-4-5-18(21)23-9-12;1-2;/h4-6,8-9,13-14H,7,20H2,1-3H3,(H2,21,23);1H,2H2;/q;-1;/b15-8-,22-16?;;. The SMILES string of the molecule is CN=C(/C=C(\N)C1CC1c1ccc(N)nc1)c1cc(C)c2nnc(C)n2n1.[CH2-][CH]=[W]. The number of hydrogen-bond acceptors (Lipinski definition) is 7. The van der Waals surface area contributed by atoms with Crippen molar-refractivity contribution in [2.75, 3.05) is 12.8 Å². The first kappa shape index (κ1) is 22.0. The van der Waals surface area contributed by atoms with E-state index in [4.69, 9.17) is 11.5 Å². The number of aromatic nitrogens is 5. The Kier molecular flexibility index (Phi) is 6.87.